The molecule has 168 valence electrons. The highest BCUT2D eigenvalue weighted by Crippen LogP contribution is 2.31. The summed E-state index contributed by atoms with van der Waals surface area (Å²) in [6, 6.07) is 27.3. The predicted octanol–water partition coefficient (Wildman–Crippen LogP) is 6.84. The number of hydrogen-bond acceptors (Lipinski definition) is 5. The minimum atomic E-state index is -0.227. The van der Waals surface area contributed by atoms with E-state index in [1.54, 1.807) is 6.21 Å². The van der Waals surface area contributed by atoms with Gasteiger partial charge in [0.2, 0.25) is 5.13 Å². The van der Waals surface area contributed by atoms with Gasteiger partial charge in [-0.3, -0.25) is 4.79 Å². The molecular weight excluding hydrogens is 442 g/mol. The van der Waals surface area contributed by atoms with Crippen LogP contribution < -0.4 is 9.75 Å². The van der Waals surface area contributed by atoms with Gasteiger partial charge in [0.05, 0.1) is 23.0 Å². The minimum absolute atomic E-state index is 0.227. The molecule has 1 amide bonds. The smallest absolute Gasteiger partial charge is 0.281 e. The SMILES string of the molecule is CCOc1ccc(/C=N/N(C(=O)c2cccc3ccccc23)c2nc3ccc(C)cc3s2)cc1. The maximum absolute atomic E-state index is 13.8. The summed E-state index contributed by atoms with van der Waals surface area (Å²) < 4.78 is 6.53. The largest absolute Gasteiger partial charge is 0.494 e. The van der Waals surface area contributed by atoms with Gasteiger partial charge in [0, 0.05) is 5.56 Å². The zero-order valence-electron chi connectivity index (χ0n) is 18.9. The van der Waals surface area contributed by atoms with Gasteiger partial charge in [-0.15, -0.1) is 0 Å². The van der Waals surface area contributed by atoms with Gasteiger partial charge in [-0.05, 0) is 78.2 Å². The highest BCUT2D eigenvalue weighted by Gasteiger charge is 2.22. The van der Waals surface area contributed by atoms with Gasteiger partial charge in [-0.1, -0.05) is 53.8 Å². The Balaban J connectivity index is 1.57. The minimum Gasteiger partial charge on any atom is -0.494 e. The quantitative estimate of drug-likeness (QED) is 0.204. The number of carbonyl (C=O) groups excluding carboxylic acids is 1. The fourth-order valence-corrected chi connectivity index (χ4v) is 4.79. The van der Waals surface area contributed by atoms with Crippen molar-refractivity contribution < 1.29 is 9.53 Å². The summed E-state index contributed by atoms with van der Waals surface area (Å²) in [6.45, 7) is 4.60. The monoisotopic (exact) mass is 465 g/mol. The summed E-state index contributed by atoms with van der Waals surface area (Å²) in [5, 5.41) is 8.42. The molecule has 5 rings (SSSR count). The Kier molecular flexibility index (Phi) is 6.06. The molecule has 0 fully saturated rings. The second kappa shape index (κ2) is 9.45. The van der Waals surface area contributed by atoms with Crippen LogP contribution in [0.2, 0.25) is 0 Å². The fraction of sp³-hybridized carbons (Fsp3) is 0.107. The number of rotatable bonds is 6. The third-order valence-corrected chi connectivity index (χ3v) is 6.43. The van der Waals surface area contributed by atoms with Crippen molar-refractivity contribution in [3.8, 4) is 5.75 Å². The second-order valence-electron chi connectivity index (χ2n) is 7.86. The van der Waals surface area contributed by atoms with Crippen LogP contribution in [0.15, 0.2) is 90.0 Å². The molecular formula is C28H23N3O2S. The van der Waals surface area contributed by atoms with E-state index in [4.69, 9.17) is 9.72 Å². The van der Waals surface area contributed by atoms with Crippen LogP contribution in [0.4, 0.5) is 5.13 Å². The Morgan fingerprint density at radius 2 is 1.82 bits per heavy atom. The van der Waals surface area contributed by atoms with Crippen LogP contribution in [-0.2, 0) is 0 Å². The Bertz CT molecular complexity index is 1500. The molecule has 1 aromatic heterocycles. The molecule has 0 radical (unpaired) electrons. The molecule has 0 bridgehead atoms. The van der Waals surface area contributed by atoms with Gasteiger partial charge in [0.1, 0.15) is 5.75 Å². The molecule has 6 heteroatoms. The van der Waals surface area contributed by atoms with E-state index in [-0.39, 0.29) is 5.91 Å². The maximum Gasteiger partial charge on any atom is 0.281 e. The lowest BCUT2D eigenvalue weighted by Crippen LogP contribution is -2.25. The number of amides is 1. The summed E-state index contributed by atoms with van der Waals surface area (Å²) in [5.74, 6) is 0.569. The van der Waals surface area contributed by atoms with Crippen LogP contribution in [0, 0.1) is 6.92 Å². The normalized spacial score (nSPS) is 11.4. The average Bonchev–Trinajstić information content (AvgIpc) is 3.27. The Morgan fingerprint density at radius 1 is 1.03 bits per heavy atom. The van der Waals surface area contributed by atoms with Crippen molar-refractivity contribution in [2.75, 3.05) is 11.6 Å². The Morgan fingerprint density at radius 3 is 2.65 bits per heavy atom. The molecule has 0 N–H and O–H groups in total. The number of hydrazone groups is 1. The van der Waals surface area contributed by atoms with E-state index < -0.39 is 0 Å². The Labute approximate surface area is 201 Å². The zero-order valence-corrected chi connectivity index (χ0v) is 19.8. The molecule has 1 heterocycles. The second-order valence-corrected chi connectivity index (χ2v) is 8.87. The van der Waals surface area contributed by atoms with Crippen molar-refractivity contribution in [1.29, 1.82) is 0 Å². The number of anilines is 1. The number of hydrogen-bond donors (Lipinski definition) is 0. The number of nitrogens with zero attached hydrogens (tertiary/aromatic N) is 3. The maximum atomic E-state index is 13.8. The van der Waals surface area contributed by atoms with E-state index in [1.165, 1.54) is 16.3 Å². The van der Waals surface area contributed by atoms with Crippen molar-refractivity contribution in [2.24, 2.45) is 5.10 Å². The van der Waals surface area contributed by atoms with Crippen LogP contribution in [0.1, 0.15) is 28.4 Å². The highest BCUT2D eigenvalue weighted by atomic mass is 32.1. The number of ether oxygens (including phenoxy) is 1. The van der Waals surface area contributed by atoms with Crippen LogP contribution in [0.5, 0.6) is 5.75 Å². The number of aromatic nitrogens is 1. The van der Waals surface area contributed by atoms with Gasteiger partial charge in [0.15, 0.2) is 0 Å². The molecule has 0 aliphatic heterocycles. The third kappa shape index (κ3) is 4.40. The number of carbonyl (C=O) groups is 1. The molecule has 5 aromatic rings. The number of aryl methyl sites for hydroxylation is 1. The van der Waals surface area contributed by atoms with Crippen LogP contribution in [-0.4, -0.2) is 23.7 Å². The van der Waals surface area contributed by atoms with Crippen LogP contribution in [0.25, 0.3) is 21.0 Å². The number of thiazole rings is 1. The lowest BCUT2D eigenvalue weighted by molar-refractivity contribution is 0.0989. The molecule has 0 saturated heterocycles. The first kappa shape index (κ1) is 21.8. The fourth-order valence-electron chi connectivity index (χ4n) is 3.77. The summed E-state index contributed by atoms with van der Waals surface area (Å²) >= 11 is 1.45. The molecule has 0 saturated carbocycles. The van der Waals surface area contributed by atoms with E-state index in [2.05, 4.69) is 11.2 Å². The molecule has 0 unspecified atom stereocenters. The van der Waals surface area contributed by atoms with Gasteiger partial charge in [-0.25, -0.2) is 4.98 Å². The first-order valence-electron chi connectivity index (χ1n) is 11.1. The van der Waals surface area contributed by atoms with Crippen LogP contribution in [0.3, 0.4) is 0 Å². The first-order chi connectivity index (χ1) is 16.6. The summed E-state index contributed by atoms with van der Waals surface area (Å²) in [6.07, 6.45) is 1.68. The van der Waals surface area contributed by atoms with Gasteiger partial charge >= 0.3 is 0 Å². The highest BCUT2D eigenvalue weighted by molar-refractivity contribution is 7.22. The molecule has 4 aromatic carbocycles. The predicted molar refractivity (Wildman–Crippen MR) is 140 cm³/mol. The van der Waals surface area contributed by atoms with Gasteiger partial charge in [0.25, 0.3) is 5.91 Å². The lowest BCUT2D eigenvalue weighted by atomic mass is 10.0. The molecule has 0 aliphatic rings. The summed E-state index contributed by atoms with van der Waals surface area (Å²) in [4.78, 5) is 18.5. The number of fused-ring (bicyclic) bond motifs is 2. The molecule has 0 atom stereocenters. The van der Waals surface area contributed by atoms with Crippen molar-refractivity contribution in [2.45, 2.75) is 13.8 Å². The summed E-state index contributed by atoms with van der Waals surface area (Å²) in [5.41, 5.74) is 3.43. The van der Waals surface area contributed by atoms with E-state index in [0.29, 0.717) is 17.3 Å². The molecule has 5 nitrogen and oxygen atoms in total. The van der Waals surface area contributed by atoms with Gasteiger partial charge < -0.3 is 4.74 Å². The molecule has 0 aliphatic carbocycles. The number of benzene rings is 4. The average molecular weight is 466 g/mol. The van der Waals surface area contributed by atoms with E-state index in [1.807, 2.05) is 92.7 Å². The third-order valence-electron chi connectivity index (χ3n) is 5.44. The topological polar surface area (TPSA) is 54.8 Å². The Hall–Kier alpha value is -4.03. The van der Waals surface area contributed by atoms with Gasteiger partial charge in [-0.2, -0.15) is 10.1 Å². The lowest BCUT2D eigenvalue weighted by Gasteiger charge is -2.15. The van der Waals surface area contributed by atoms with Crippen LogP contribution >= 0.6 is 11.3 Å². The van der Waals surface area contributed by atoms with E-state index in [9.17, 15) is 4.79 Å². The van der Waals surface area contributed by atoms with E-state index in [0.717, 1.165) is 37.9 Å². The standard InChI is InChI=1S/C28H23N3O2S/c1-3-33-22-14-12-20(13-15-22)18-29-31(28-30-25-16-11-19(2)17-26(25)34-28)27(32)24-10-6-8-21-7-4-5-9-23(21)24/h4-18H,3H2,1-2H3/b29-18+. The van der Waals surface area contributed by atoms with Crippen molar-refractivity contribution in [1.82, 2.24) is 4.98 Å². The summed E-state index contributed by atoms with van der Waals surface area (Å²) in [7, 11) is 0. The molecule has 34 heavy (non-hydrogen) atoms. The van der Waals surface area contributed by atoms with Crippen molar-refractivity contribution in [3.63, 3.8) is 0 Å². The van der Waals surface area contributed by atoms with Crippen molar-refractivity contribution in [3.05, 3.63) is 102 Å². The first-order valence-corrected chi connectivity index (χ1v) is 11.9. The van der Waals surface area contributed by atoms with E-state index >= 15 is 0 Å². The van der Waals surface area contributed by atoms with Crippen molar-refractivity contribution >= 4 is 49.6 Å². The molecule has 0 spiro atoms. The zero-order chi connectivity index (χ0) is 23.5.